The van der Waals surface area contributed by atoms with Gasteiger partial charge in [-0.2, -0.15) is 5.10 Å². The minimum atomic E-state index is -0.373. The van der Waals surface area contributed by atoms with Crippen LogP contribution in [-0.2, 0) is 11.2 Å². The first-order chi connectivity index (χ1) is 13.5. The molecule has 2 aromatic heterocycles. The molecule has 0 fully saturated rings. The number of hydrogen-bond acceptors (Lipinski definition) is 5. The predicted octanol–water partition coefficient (Wildman–Crippen LogP) is 3.08. The van der Waals surface area contributed by atoms with Crippen molar-refractivity contribution in [3.63, 3.8) is 0 Å². The second-order valence-corrected chi connectivity index (χ2v) is 7.45. The van der Waals surface area contributed by atoms with Crippen LogP contribution in [0.1, 0.15) is 41.5 Å². The summed E-state index contributed by atoms with van der Waals surface area (Å²) in [5.74, 6) is 0.535. The molecule has 3 aromatic rings. The molecule has 0 bridgehead atoms. The van der Waals surface area contributed by atoms with E-state index < -0.39 is 0 Å². The summed E-state index contributed by atoms with van der Waals surface area (Å²) in [5, 5.41) is 10.2. The second kappa shape index (κ2) is 7.24. The van der Waals surface area contributed by atoms with Gasteiger partial charge in [0.2, 0.25) is 11.8 Å². The largest absolute Gasteiger partial charge is 0.444 e. The van der Waals surface area contributed by atoms with Crippen molar-refractivity contribution < 1.29 is 9.21 Å². The first-order valence-electron chi connectivity index (χ1n) is 9.52. The van der Waals surface area contributed by atoms with Gasteiger partial charge in [0.1, 0.15) is 11.1 Å². The van der Waals surface area contributed by atoms with Gasteiger partial charge < -0.3 is 4.42 Å². The Balaban J connectivity index is 1.54. The number of nitrogens with one attached hydrogen (secondary N) is 2. The maximum absolute atomic E-state index is 12.7. The van der Waals surface area contributed by atoms with Crippen molar-refractivity contribution in [3.05, 3.63) is 57.2 Å². The van der Waals surface area contributed by atoms with E-state index >= 15 is 0 Å². The van der Waals surface area contributed by atoms with E-state index in [1.165, 1.54) is 11.1 Å². The van der Waals surface area contributed by atoms with Crippen molar-refractivity contribution in [2.45, 2.75) is 39.2 Å². The Hall–Kier alpha value is -2.93. The fourth-order valence-corrected chi connectivity index (χ4v) is 4.22. The summed E-state index contributed by atoms with van der Waals surface area (Å²) in [5.41, 5.74) is 2.93. The molecule has 146 valence electrons. The third-order valence-corrected chi connectivity index (χ3v) is 5.51. The lowest BCUT2D eigenvalue weighted by Gasteiger charge is -2.32. The lowest BCUT2D eigenvalue weighted by molar-refractivity contribution is -0.117. The number of likely N-dealkylation sites (N-methyl/N-ethyl adjacent to an activating group) is 1. The van der Waals surface area contributed by atoms with Crippen LogP contribution in [0.25, 0.3) is 10.8 Å². The molecule has 2 N–H and O–H groups in total. The van der Waals surface area contributed by atoms with E-state index in [1.807, 2.05) is 13.1 Å². The molecule has 1 aliphatic carbocycles. The molecule has 0 unspecified atom stereocenters. The molecule has 1 aliphatic rings. The molecule has 1 amide bonds. The van der Waals surface area contributed by atoms with E-state index in [9.17, 15) is 9.59 Å². The van der Waals surface area contributed by atoms with Crippen molar-refractivity contribution in [2.24, 2.45) is 0 Å². The molecule has 0 aliphatic heterocycles. The van der Waals surface area contributed by atoms with Crippen molar-refractivity contribution in [1.82, 2.24) is 15.1 Å². The van der Waals surface area contributed by atoms with Crippen molar-refractivity contribution in [2.75, 3.05) is 18.9 Å². The second-order valence-electron chi connectivity index (χ2n) is 7.45. The van der Waals surface area contributed by atoms with Gasteiger partial charge in [0.15, 0.2) is 0 Å². The number of aryl methyl sites for hydroxylation is 3. The van der Waals surface area contributed by atoms with Crippen LogP contribution in [0.15, 0.2) is 33.5 Å². The van der Waals surface area contributed by atoms with E-state index in [-0.39, 0.29) is 29.9 Å². The zero-order valence-electron chi connectivity index (χ0n) is 16.3. The highest BCUT2D eigenvalue weighted by molar-refractivity contribution is 6.01. The van der Waals surface area contributed by atoms with Crippen LogP contribution < -0.4 is 10.9 Å². The number of aromatic nitrogens is 2. The standard InChI is InChI=1S/C21H24N4O3/c1-12-18-13(2)28-21(19(18)20(27)24-23-12)22-17(26)11-25(3)16-10-6-8-14-7-4-5-9-15(14)16/h4-5,7,9,16H,6,8,10-11H2,1-3H3,(H,22,26)(H,24,27)/t16-/m1/s1. The van der Waals surface area contributed by atoms with Gasteiger partial charge in [-0.1, -0.05) is 24.3 Å². The normalized spacial score (nSPS) is 16.4. The van der Waals surface area contributed by atoms with E-state index in [0.717, 1.165) is 19.3 Å². The summed E-state index contributed by atoms with van der Waals surface area (Å²) in [6.45, 7) is 3.76. The van der Waals surface area contributed by atoms with Gasteiger partial charge in [0.05, 0.1) is 17.6 Å². The SMILES string of the molecule is Cc1n[nH]c(=O)c2c(NC(=O)CN(C)[C@@H]3CCCc4ccccc43)oc(C)c12. The topological polar surface area (TPSA) is 91.2 Å². The summed E-state index contributed by atoms with van der Waals surface area (Å²) in [6, 6.07) is 8.63. The summed E-state index contributed by atoms with van der Waals surface area (Å²) in [6.07, 6.45) is 3.21. The minimum Gasteiger partial charge on any atom is -0.444 e. The van der Waals surface area contributed by atoms with Crippen LogP contribution in [0.3, 0.4) is 0 Å². The highest BCUT2D eigenvalue weighted by Gasteiger charge is 2.25. The van der Waals surface area contributed by atoms with Crippen LogP contribution in [0.2, 0.25) is 0 Å². The first kappa shape index (κ1) is 18.4. The van der Waals surface area contributed by atoms with E-state index in [4.69, 9.17) is 4.42 Å². The van der Waals surface area contributed by atoms with Gasteiger partial charge in [0, 0.05) is 6.04 Å². The molecule has 2 heterocycles. The zero-order valence-corrected chi connectivity index (χ0v) is 16.3. The Labute approximate surface area is 162 Å². The number of aromatic amines is 1. The number of carbonyl (C=O) groups is 1. The zero-order chi connectivity index (χ0) is 19.8. The lowest BCUT2D eigenvalue weighted by Crippen LogP contribution is -2.35. The van der Waals surface area contributed by atoms with Crippen molar-refractivity contribution in [1.29, 1.82) is 0 Å². The average molecular weight is 380 g/mol. The number of nitrogens with zero attached hydrogens (tertiary/aromatic N) is 2. The molecule has 7 heteroatoms. The number of hydrogen-bond donors (Lipinski definition) is 2. The number of rotatable bonds is 4. The summed E-state index contributed by atoms with van der Waals surface area (Å²) < 4.78 is 5.67. The van der Waals surface area contributed by atoms with Crippen molar-refractivity contribution in [3.8, 4) is 0 Å². The van der Waals surface area contributed by atoms with E-state index in [1.54, 1.807) is 13.8 Å². The predicted molar refractivity (Wildman–Crippen MR) is 107 cm³/mol. The van der Waals surface area contributed by atoms with Gasteiger partial charge in [-0.05, 0) is 51.3 Å². The molecular formula is C21H24N4O3. The van der Waals surface area contributed by atoms with Gasteiger partial charge in [-0.3, -0.25) is 19.8 Å². The minimum absolute atomic E-state index is 0.182. The van der Waals surface area contributed by atoms with Gasteiger partial charge in [-0.25, -0.2) is 5.10 Å². The first-order valence-corrected chi connectivity index (χ1v) is 9.52. The quantitative estimate of drug-likeness (QED) is 0.726. The number of anilines is 1. The smallest absolute Gasteiger partial charge is 0.277 e. The molecule has 0 saturated heterocycles. The Bertz CT molecular complexity index is 1100. The molecule has 0 spiro atoms. The Morgan fingerprint density at radius 3 is 2.93 bits per heavy atom. The molecule has 1 aromatic carbocycles. The lowest BCUT2D eigenvalue weighted by atomic mass is 9.87. The van der Waals surface area contributed by atoms with Crippen LogP contribution in [0, 0.1) is 13.8 Å². The molecule has 28 heavy (non-hydrogen) atoms. The Kier molecular flexibility index (Phi) is 4.77. The average Bonchev–Trinajstić information content (AvgIpc) is 3.01. The number of fused-ring (bicyclic) bond motifs is 2. The fraction of sp³-hybridized carbons (Fsp3) is 0.381. The highest BCUT2D eigenvalue weighted by Crippen LogP contribution is 2.33. The van der Waals surface area contributed by atoms with Crippen LogP contribution >= 0.6 is 0 Å². The number of amides is 1. The third kappa shape index (κ3) is 3.22. The highest BCUT2D eigenvalue weighted by atomic mass is 16.4. The number of carbonyl (C=O) groups excluding carboxylic acids is 1. The molecular weight excluding hydrogens is 356 g/mol. The molecule has 0 radical (unpaired) electrons. The summed E-state index contributed by atoms with van der Waals surface area (Å²) in [4.78, 5) is 27.0. The molecule has 4 rings (SSSR count). The van der Waals surface area contributed by atoms with Gasteiger partial charge >= 0.3 is 0 Å². The maximum atomic E-state index is 12.7. The monoisotopic (exact) mass is 380 g/mol. The Morgan fingerprint density at radius 2 is 2.11 bits per heavy atom. The van der Waals surface area contributed by atoms with E-state index in [2.05, 4.69) is 38.6 Å². The van der Waals surface area contributed by atoms with Crippen LogP contribution in [0.5, 0.6) is 0 Å². The number of furan rings is 1. The molecule has 0 saturated carbocycles. The molecule has 1 atom stereocenters. The fourth-order valence-electron chi connectivity index (χ4n) is 4.22. The van der Waals surface area contributed by atoms with Crippen LogP contribution in [-0.4, -0.2) is 34.6 Å². The third-order valence-electron chi connectivity index (χ3n) is 5.51. The van der Waals surface area contributed by atoms with Gasteiger partial charge in [-0.15, -0.1) is 0 Å². The number of benzene rings is 1. The maximum Gasteiger partial charge on any atom is 0.277 e. The summed E-state index contributed by atoms with van der Waals surface area (Å²) >= 11 is 0. The van der Waals surface area contributed by atoms with Crippen LogP contribution in [0.4, 0.5) is 5.88 Å². The number of H-pyrrole nitrogens is 1. The van der Waals surface area contributed by atoms with E-state index in [0.29, 0.717) is 22.2 Å². The summed E-state index contributed by atoms with van der Waals surface area (Å²) in [7, 11) is 1.96. The van der Waals surface area contributed by atoms with Crippen molar-refractivity contribution >= 4 is 22.6 Å². The van der Waals surface area contributed by atoms with Gasteiger partial charge in [0.25, 0.3) is 5.56 Å². The molecule has 7 nitrogen and oxygen atoms in total. The Morgan fingerprint density at radius 1 is 1.32 bits per heavy atom.